The molecule has 0 saturated carbocycles. The third kappa shape index (κ3) is 5.85. The standard InChI is InChI=1S/C12H24N4/c1-3-4-5-6-7-8-11(2)13-9-12-14-10-15-16-12/h10-11,13H,3-9H2,1-2H3,(H,14,15,16). The first-order chi connectivity index (χ1) is 7.83. The van der Waals surface area contributed by atoms with E-state index in [1.54, 1.807) is 6.33 Å². The Kier molecular flexibility index (Phi) is 6.81. The van der Waals surface area contributed by atoms with E-state index in [1.807, 2.05) is 0 Å². The Hall–Kier alpha value is -0.900. The molecule has 4 nitrogen and oxygen atoms in total. The summed E-state index contributed by atoms with van der Waals surface area (Å²) >= 11 is 0. The van der Waals surface area contributed by atoms with Crippen LogP contribution in [0.1, 0.15) is 58.2 Å². The van der Waals surface area contributed by atoms with Gasteiger partial charge in [-0.3, -0.25) is 5.10 Å². The average molecular weight is 224 g/mol. The molecule has 0 aliphatic rings. The number of rotatable bonds is 9. The molecule has 0 aromatic carbocycles. The average Bonchev–Trinajstić information content (AvgIpc) is 2.79. The fourth-order valence-corrected chi connectivity index (χ4v) is 1.74. The molecule has 4 heteroatoms. The lowest BCUT2D eigenvalue weighted by Gasteiger charge is -2.12. The van der Waals surface area contributed by atoms with Gasteiger partial charge in [0.25, 0.3) is 0 Å². The van der Waals surface area contributed by atoms with Crippen LogP contribution in [0.4, 0.5) is 0 Å². The summed E-state index contributed by atoms with van der Waals surface area (Å²) in [6.07, 6.45) is 9.56. The second kappa shape index (κ2) is 8.28. The topological polar surface area (TPSA) is 53.6 Å². The van der Waals surface area contributed by atoms with E-state index in [0.717, 1.165) is 12.4 Å². The highest BCUT2D eigenvalue weighted by Gasteiger charge is 2.02. The van der Waals surface area contributed by atoms with Crippen LogP contribution in [-0.4, -0.2) is 21.2 Å². The van der Waals surface area contributed by atoms with Crippen LogP contribution in [0.5, 0.6) is 0 Å². The monoisotopic (exact) mass is 224 g/mol. The first-order valence-electron chi connectivity index (χ1n) is 6.40. The molecule has 2 N–H and O–H groups in total. The lowest BCUT2D eigenvalue weighted by Crippen LogP contribution is -2.25. The van der Waals surface area contributed by atoms with E-state index in [4.69, 9.17) is 0 Å². The van der Waals surface area contributed by atoms with Crippen LogP contribution >= 0.6 is 0 Å². The van der Waals surface area contributed by atoms with Gasteiger partial charge in [-0.05, 0) is 13.3 Å². The number of nitrogens with zero attached hydrogens (tertiary/aromatic N) is 2. The number of aromatic amines is 1. The van der Waals surface area contributed by atoms with Gasteiger partial charge < -0.3 is 5.32 Å². The fraction of sp³-hybridized carbons (Fsp3) is 0.833. The molecule has 0 fully saturated rings. The molecular weight excluding hydrogens is 200 g/mol. The normalized spacial score (nSPS) is 12.9. The van der Waals surface area contributed by atoms with Crippen molar-refractivity contribution in [3.05, 3.63) is 12.2 Å². The van der Waals surface area contributed by atoms with Crippen LogP contribution in [0.25, 0.3) is 0 Å². The van der Waals surface area contributed by atoms with Crippen LogP contribution < -0.4 is 5.32 Å². The van der Waals surface area contributed by atoms with Crippen molar-refractivity contribution >= 4 is 0 Å². The van der Waals surface area contributed by atoms with Gasteiger partial charge in [-0.15, -0.1) is 0 Å². The van der Waals surface area contributed by atoms with Crippen molar-refractivity contribution in [1.29, 1.82) is 0 Å². The molecule has 1 aromatic heterocycles. The zero-order valence-corrected chi connectivity index (χ0v) is 10.5. The molecule has 0 aliphatic heterocycles. The molecule has 92 valence electrons. The molecule has 0 spiro atoms. The van der Waals surface area contributed by atoms with Crippen molar-refractivity contribution in [3.8, 4) is 0 Å². The summed E-state index contributed by atoms with van der Waals surface area (Å²) in [4.78, 5) is 4.08. The minimum atomic E-state index is 0.562. The lowest BCUT2D eigenvalue weighted by molar-refractivity contribution is 0.474. The number of aromatic nitrogens is 3. The minimum absolute atomic E-state index is 0.562. The van der Waals surface area contributed by atoms with Crippen LogP contribution in [-0.2, 0) is 6.54 Å². The molecule has 1 aromatic rings. The highest BCUT2D eigenvalue weighted by Crippen LogP contribution is 2.07. The van der Waals surface area contributed by atoms with Gasteiger partial charge in [0.1, 0.15) is 12.2 Å². The number of hydrogen-bond acceptors (Lipinski definition) is 3. The Morgan fingerprint density at radius 1 is 1.31 bits per heavy atom. The first kappa shape index (κ1) is 13.2. The van der Waals surface area contributed by atoms with E-state index in [1.165, 1.54) is 38.5 Å². The smallest absolute Gasteiger partial charge is 0.138 e. The molecular formula is C12H24N4. The van der Waals surface area contributed by atoms with Gasteiger partial charge in [-0.25, -0.2) is 4.98 Å². The zero-order chi connectivity index (χ0) is 11.6. The second-order valence-corrected chi connectivity index (χ2v) is 4.42. The van der Waals surface area contributed by atoms with Crippen molar-refractivity contribution in [3.63, 3.8) is 0 Å². The SMILES string of the molecule is CCCCCCCC(C)NCc1ncn[nH]1. The van der Waals surface area contributed by atoms with Crippen molar-refractivity contribution in [2.24, 2.45) is 0 Å². The molecule has 0 bridgehead atoms. The van der Waals surface area contributed by atoms with Gasteiger partial charge in [0.2, 0.25) is 0 Å². The van der Waals surface area contributed by atoms with Gasteiger partial charge in [-0.2, -0.15) is 5.10 Å². The predicted octanol–water partition coefficient (Wildman–Crippen LogP) is 2.64. The summed E-state index contributed by atoms with van der Waals surface area (Å²) in [7, 11) is 0. The predicted molar refractivity (Wildman–Crippen MR) is 66.1 cm³/mol. The van der Waals surface area contributed by atoms with Crippen LogP contribution in [0.2, 0.25) is 0 Å². The summed E-state index contributed by atoms with van der Waals surface area (Å²) in [6, 6.07) is 0.562. The van der Waals surface area contributed by atoms with Gasteiger partial charge in [0.05, 0.1) is 6.54 Å². The zero-order valence-electron chi connectivity index (χ0n) is 10.5. The van der Waals surface area contributed by atoms with Crippen LogP contribution in [0.3, 0.4) is 0 Å². The molecule has 1 heterocycles. The Balaban J connectivity index is 1.96. The Labute approximate surface area is 98.2 Å². The summed E-state index contributed by atoms with van der Waals surface area (Å²) in [5.41, 5.74) is 0. The van der Waals surface area contributed by atoms with E-state index in [2.05, 4.69) is 34.3 Å². The maximum atomic E-state index is 4.08. The van der Waals surface area contributed by atoms with E-state index in [0.29, 0.717) is 6.04 Å². The third-order valence-corrected chi connectivity index (χ3v) is 2.82. The largest absolute Gasteiger partial charge is 0.307 e. The Morgan fingerprint density at radius 3 is 2.81 bits per heavy atom. The number of unbranched alkanes of at least 4 members (excludes halogenated alkanes) is 4. The Morgan fingerprint density at radius 2 is 2.12 bits per heavy atom. The van der Waals surface area contributed by atoms with E-state index >= 15 is 0 Å². The summed E-state index contributed by atoms with van der Waals surface area (Å²) in [6.45, 7) is 5.27. The van der Waals surface area contributed by atoms with E-state index in [-0.39, 0.29) is 0 Å². The molecule has 1 unspecified atom stereocenters. The van der Waals surface area contributed by atoms with Gasteiger partial charge in [0.15, 0.2) is 0 Å². The van der Waals surface area contributed by atoms with Gasteiger partial charge >= 0.3 is 0 Å². The van der Waals surface area contributed by atoms with Gasteiger partial charge in [-0.1, -0.05) is 39.0 Å². The fourth-order valence-electron chi connectivity index (χ4n) is 1.74. The molecule has 1 rings (SSSR count). The van der Waals surface area contributed by atoms with Crippen molar-refractivity contribution in [1.82, 2.24) is 20.5 Å². The summed E-state index contributed by atoms with van der Waals surface area (Å²) in [5, 5.41) is 10.1. The number of hydrogen-bond donors (Lipinski definition) is 2. The van der Waals surface area contributed by atoms with Gasteiger partial charge in [0, 0.05) is 6.04 Å². The minimum Gasteiger partial charge on any atom is -0.307 e. The molecule has 1 atom stereocenters. The number of H-pyrrole nitrogens is 1. The number of nitrogens with one attached hydrogen (secondary N) is 2. The molecule has 16 heavy (non-hydrogen) atoms. The maximum absolute atomic E-state index is 4.08. The molecule has 0 saturated heterocycles. The van der Waals surface area contributed by atoms with Crippen molar-refractivity contribution in [2.45, 2.75) is 65.0 Å². The highest BCUT2D eigenvalue weighted by molar-refractivity contribution is 4.79. The Bertz CT molecular complexity index is 246. The molecule has 0 radical (unpaired) electrons. The summed E-state index contributed by atoms with van der Waals surface area (Å²) < 4.78 is 0. The van der Waals surface area contributed by atoms with Crippen LogP contribution in [0, 0.1) is 0 Å². The summed E-state index contributed by atoms with van der Waals surface area (Å²) in [5.74, 6) is 0.915. The quantitative estimate of drug-likeness (QED) is 0.634. The van der Waals surface area contributed by atoms with Crippen LogP contribution in [0.15, 0.2) is 6.33 Å². The van der Waals surface area contributed by atoms with Crippen molar-refractivity contribution < 1.29 is 0 Å². The second-order valence-electron chi connectivity index (χ2n) is 4.42. The third-order valence-electron chi connectivity index (χ3n) is 2.82. The molecule has 0 aliphatic carbocycles. The van der Waals surface area contributed by atoms with Crippen molar-refractivity contribution in [2.75, 3.05) is 0 Å². The lowest BCUT2D eigenvalue weighted by atomic mass is 10.1. The highest BCUT2D eigenvalue weighted by atomic mass is 15.2. The van der Waals surface area contributed by atoms with E-state index in [9.17, 15) is 0 Å². The maximum Gasteiger partial charge on any atom is 0.138 e. The molecule has 0 amide bonds. The first-order valence-corrected chi connectivity index (χ1v) is 6.40. The van der Waals surface area contributed by atoms with E-state index < -0.39 is 0 Å².